The predicted molar refractivity (Wildman–Crippen MR) is 124 cm³/mol. The predicted octanol–water partition coefficient (Wildman–Crippen LogP) is 4.10. The van der Waals surface area contributed by atoms with Gasteiger partial charge in [-0.05, 0) is 57.4 Å². The maximum atomic E-state index is 13.5. The fourth-order valence-electron chi connectivity index (χ4n) is 5.26. The van der Waals surface area contributed by atoms with Crippen LogP contribution in [0.4, 0.5) is 19.0 Å². The first-order chi connectivity index (χ1) is 16.4. The lowest BCUT2D eigenvalue weighted by Crippen LogP contribution is -2.43. The molecule has 2 aliphatic rings. The van der Waals surface area contributed by atoms with Crippen molar-refractivity contribution in [3.05, 3.63) is 59.2 Å². The zero-order chi connectivity index (χ0) is 25.2. The number of alkyl halides is 3. The minimum absolute atomic E-state index is 0.0378. The first kappa shape index (κ1) is 23.3. The molecule has 1 atom stereocenters. The first-order valence-electron chi connectivity index (χ1n) is 11.5. The Morgan fingerprint density at radius 3 is 2.51 bits per heavy atom. The standard InChI is InChI=1S/C25H27F3N6O/c1-15-4-5-17(13-30-15)23(2,3)22(35)33-8-6-24(14-33)7-9-34-20(24)11-19(32-34)16-10-18(25(26,27)28)21(29)31-12-16/h4-5,10-13H,6-9,14H2,1-3H3,(H2,29,31). The van der Waals surface area contributed by atoms with Crippen molar-refractivity contribution in [2.75, 3.05) is 18.8 Å². The molecule has 3 aromatic heterocycles. The van der Waals surface area contributed by atoms with Crippen molar-refractivity contribution in [1.82, 2.24) is 24.6 Å². The molecular formula is C25H27F3N6O. The third-order valence-corrected chi connectivity index (χ3v) is 7.45. The Morgan fingerprint density at radius 2 is 1.83 bits per heavy atom. The van der Waals surface area contributed by atoms with E-state index in [1.807, 2.05) is 48.6 Å². The van der Waals surface area contributed by atoms with Crippen LogP contribution >= 0.6 is 0 Å². The molecule has 0 aromatic carbocycles. The molecule has 0 bridgehead atoms. The average molecular weight is 485 g/mol. The van der Waals surface area contributed by atoms with Crippen molar-refractivity contribution in [3.63, 3.8) is 0 Å². The van der Waals surface area contributed by atoms with Gasteiger partial charge >= 0.3 is 6.18 Å². The molecule has 2 N–H and O–H groups in total. The van der Waals surface area contributed by atoms with Crippen molar-refractivity contribution >= 4 is 11.7 Å². The minimum atomic E-state index is -4.59. The number of aryl methyl sites for hydroxylation is 2. The fourth-order valence-corrected chi connectivity index (χ4v) is 5.26. The van der Waals surface area contributed by atoms with E-state index in [0.717, 1.165) is 35.9 Å². The molecule has 7 nitrogen and oxygen atoms in total. The third-order valence-electron chi connectivity index (χ3n) is 7.45. The van der Waals surface area contributed by atoms with Crippen molar-refractivity contribution in [2.24, 2.45) is 0 Å². The van der Waals surface area contributed by atoms with Crippen molar-refractivity contribution in [3.8, 4) is 11.3 Å². The maximum absolute atomic E-state index is 13.5. The second-order valence-corrected chi connectivity index (χ2v) is 10.1. The molecule has 1 amide bonds. The zero-order valence-corrected chi connectivity index (χ0v) is 19.9. The maximum Gasteiger partial charge on any atom is 0.419 e. The first-order valence-corrected chi connectivity index (χ1v) is 11.5. The Balaban J connectivity index is 1.41. The molecule has 0 aliphatic carbocycles. The van der Waals surface area contributed by atoms with Crippen LogP contribution in [-0.4, -0.2) is 43.6 Å². The van der Waals surface area contributed by atoms with E-state index in [0.29, 0.717) is 25.3 Å². The zero-order valence-electron chi connectivity index (χ0n) is 19.9. The van der Waals surface area contributed by atoms with E-state index < -0.39 is 23.0 Å². The van der Waals surface area contributed by atoms with E-state index in [-0.39, 0.29) is 16.9 Å². The van der Waals surface area contributed by atoms with Gasteiger partial charge in [0.1, 0.15) is 5.82 Å². The van der Waals surface area contributed by atoms with Gasteiger partial charge in [0.05, 0.1) is 16.7 Å². The normalized spacial score (nSPS) is 20.0. The topological polar surface area (TPSA) is 89.9 Å². The summed E-state index contributed by atoms with van der Waals surface area (Å²) in [7, 11) is 0. The molecular weight excluding hydrogens is 457 g/mol. The van der Waals surface area contributed by atoms with Gasteiger partial charge in [0.25, 0.3) is 0 Å². The van der Waals surface area contributed by atoms with Crippen LogP contribution < -0.4 is 5.73 Å². The third kappa shape index (κ3) is 3.84. The highest BCUT2D eigenvalue weighted by Crippen LogP contribution is 2.45. The summed E-state index contributed by atoms with van der Waals surface area (Å²) in [5.41, 5.74) is 6.89. The summed E-state index contributed by atoms with van der Waals surface area (Å²) in [6.07, 6.45) is 0.0895. The quantitative estimate of drug-likeness (QED) is 0.605. The number of nitrogens with two attached hydrogens (primary N) is 1. The van der Waals surface area contributed by atoms with Gasteiger partial charge < -0.3 is 10.6 Å². The molecule has 1 unspecified atom stereocenters. The Bertz CT molecular complexity index is 1300. The average Bonchev–Trinajstić information content (AvgIpc) is 3.50. The molecule has 2 aliphatic heterocycles. The molecule has 5 heterocycles. The number of rotatable bonds is 3. The number of anilines is 1. The lowest BCUT2D eigenvalue weighted by atomic mass is 9.81. The van der Waals surface area contributed by atoms with Crippen LogP contribution in [0.15, 0.2) is 36.7 Å². The van der Waals surface area contributed by atoms with Crippen LogP contribution in [0.3, 0.4) is 0 Å². The van der Waals surface area contributed by atoms with Gasteiger partial charge in [0.2, 0.25) is 5.91 Å². The van der Waals surface area contributed by atoms with Crippen LogP contribution in [0, 0.1) is 6.92 Å². The number of fused-ring (bicyclic) bond motifs is 2. The monoisotopic (exact) mass is 484 g/mol. The smallest absolute Gasteiger partial charge is 0.383 e. The number of nitrogens with zero attached hydrogens (tertiary/aromatic N) is 5. The summed E-state index contributed by atoms with van der Waals surface area (Å²) in [5.74, 6) is -0.517. The Morgan fingerprint density at radius 1 is 1.09 bits per heavy atom. The molecule has 10 heteroatoms. The summed E-state index contributed by atoms with van der Waals surface area (Å²) in [6.45, 7) is 7.55. The SMILES string of the molecule is Cc1ccc(C(C)(C)C(=O)N2CCC3(CCn4nc(-c5cnc(N)c(C(F)(F)F)c5)cc43)C2)cn1. The van der Waals surface area contributed by atoms with E-state index in [1.165, 1.54) is 6.20 Å². The summed E-state index contributed by atoms with van der Waals surface area (Å²) in [4.78, 5) is 23.5. The van der Waals surface area contributed by atoms with E-state index in [2.05, 4.69) is 15.1 Å². The molecule has 35 heavy (non-hydrogen) atoms. The van der Waals surface area contributed by atoms with E-state index in [4.69, 9.17) is 5.73 Å². The largest absolute Gasteiger partial charge is 0.419 e. The molecule has 0 saturated carbocycles. The van der Waals surface area contributed by atoms with Crippen LogP contribution in [0.25, 0.3) is 11.3 Å². The second-order valence-electron chi connectivity index (χ2n) is 10.1. The van der Waals surface area contributed by atoms with Gasteiger partial charge in [-0.25, -0.2) is 4.98 Å². The number of pyridine rings is 2. The van der Waals surface area contributed by atoms with Crippen LogP contribution in [0.1, 0.15) is 49.2 Å². The number of carbonyl (C=O) groups excluding carboxylic acids is 1. The number of aromatic nitrogens is 4. The number of nitrogen functional groups attached to an aromatic ring is 1. The summed E-state index contributed by atoms with van der Waals surface area (Å²) < 4.78 is 41.8. The number of halogens is 3. The highest BCUT2D eigenvalue weighted by Gasteiger charge is 2.49. The van der Waals surface area contributed by atoms with Gasteiger partial charge in [0, 0.05) is 54.4 Å². The Labute approximate surface area is 201 Å². The van der Waals surface area contributed by atoms with Gasteiger partial charge in [-0.1, -0.05) is 6.07 Å². The molecule has 5 rings (SSSR count). The van der Waals surface area contributed by atoms with Crippen LogP contribution in [-0.2, 0) is 28.3 Å². The van der Waals surface area contributed by atoms with Gasteiger partial charge in [-0.3, -0.25) is 14.5 Å². The number of amides is 1. The summed E-state index contributed by atoms with van der Waals surface area (Å²) >= 11 is 0. The Hall–Kier alpha value is -3.43. The fraction of sp³-hybridized carbons (Fsp3) is 0.440. The molecule has 184 valence electrons. The molecule has 1 fully saturated rings. The number of hydrogen-bond acceptors (Lipinski definition) is 5. The van der Waals surface area contributed by atoms with Gasteiger partial charge in [0.15, 0.2) is 0 Å². The number of carbonyl (C=O) groups is 1. The summed E-state index contributed by atoms with van der Waals surface area (Å²) in [6, 6.07) is 6.68. The molecule has 0 radical (unpaired) electrons. The van der Waals surface area contributed by atoms with Crippen molar-refractivity contribution < 1.29 is 18.0 Å². The van der Waals surface area contributed by atoms with E-state index >= 15 is 0 Å². The van der Waals surface area contributed by atoms with Crippen LogP contribution in [0.2, 0.25) is 0 Å². The minimum Gasteiger partial charge on any atom is -0.383 e. The molecule has 3 aromatic rings. The number of likely N-dealkylation sites (tertiary alicyclic amines) is 1. The lowest BCUT2D eigenvalue weighted by molar-refractivity contribution is -0.137. The second kappa shape index (κ2) is 7.79. The highest BCUT2D eigenvalue weighted by molar-refractivity contribution is 5.87. The van der Waals surface area contributed by atoms with Crippen LogP contribution in [0.5, 0.6) is 0 Å². The van der Waals surface area contributed by atoms with E-state index in [9.17, 15) is 18.0 Å². The molecule has 1 saturated heterocycles. The molecule has 1 spiro atoms. The number of hydrogen-bond donors (Lipinski definition) is 1. The van der Waals surface area contributed by atoms with Gasteiger partial charge in [-0.2, -0.15) is 18.3 Å². The Kier molecular flexibility index (Phi) is 5.19. The summed E-state index contributed by atoms with van der Waals surface area (Å²) in [5, 5.41) is 4.56. The van der Waals surface area contributed by atoms with Gasteiger partial charge in [-0.15, -0.1) is 0 Å². The lowest BCUT2D eigenvalue weighted by Gasteiger charge is -2.31. The van der Waals surface area contributed by atoms with Crippen molar-refractivity contribution in [1.29, 1.82) is 0 Å². The highest BCUT2D eigenvalue weighted by atomic mass is 19.4. The van der Waals surface area contributed by atoms with Crippen molar-refractivity contribution in [2.45, 2.75) is 57.2 Å². The van der Waals surface area contributed by atoms with E-state index in [1.54, 1.807) is 6.20 Å².